The van der Waals surface area contributed by atoms with Gasteiger partial charge in [0.15, 0.2) is 26.0 Å². The number of nitrogens with zero attached hydrogens (tertiary/aromatic N) is 2. The fourth-order valence-corrected chi connectivity index (χ4v) is 5.46. The number of sulfone groups is 1. The van der Waals surface area contributed by atoms with E-state index in [0.717, 1.165) is 5.56 Å². The van der Waals surface area contributed by atoms with Gasteiger partial charge in [-0.05, 0) is 58.7 Å². The maximum Gasteiger partial charge on any atom is 0.276 e. The summed E-state index contributed by atoms with van der Waals surface area (Å²) < 4.78 is 35.3. The lowest BCUT2D eigenvalue weighted by molar-refractivity contribution is 0.0655. The lowest BCUT2D eigenvalue weighted by Crippen LogP contribution is -2.40. The average molecular weight is 500 g/mol. The highest BCUT2D eigenvalue weighted by atomic mass is 79.9. The van der Waals surface area contributed by atoms with Crippen molar-refractivity contribution in [2.75, 3.05) is 11.5 Å². The highest BCUT2D eigenvalue weighted by Crippen LogP contribution is 2.26. The zero-order valence-corrected chi connectivity index (χ0v) is 18.2. The number of carbonyl (C=O) groups is 1. The molecule has 1 aliphatic heterocycles. The summed E-state index contributed by atoms with van der Waals surface area (Å²) in [5, 5.41) is 4.49. The van der Waals surface area contributed by atoms with Crippen molar-refractivity contribution in [1.82, 2.24) is 10.1 Å². The second kappa shape index (κ2) is 7.97. The molecule has 3 aromatic rings. The Bertz CT molecular complexity index is 1140. The van der Waals surface area contributed by atoms with Gasteiger partial charge in [-0.2, -0.15) is 0 Å². The molecule has 1 aliphatic rings. The third-order valence-electron chi connectivity index (χ3n) is 4.72. The molecule has 7 nitrogen and oxygen atoms in total. The van der Waals surface area contributed by atoms with Crippen LogP contribution in [0.3, 0.4) is 0 Å². The molecule has 0 aliphatic carbocycles. The Morgan fingerprint density at radius 1 is 1.24 bits per heavy atom. The third-order valence-corrected chi connectivity index (χ3v) is 7.15. The van der Waals surface area contributed by atoms with Crippen LogP contribution in [0.15, 0.2) is 56.1 Å². The van der Waals surface area contributed by atoms with Crippen LogP contribution in [-0.2, 0) is 16.4 Å². The predicted octanol–water partition coefficient (Wildman–Crippen LogP) is 4.18. The molecule has 2 aromatic heterocycles. The first kappa shape index (κ1) is 20.2. The van der Waals surface area contributed by atoms with Crippen molar-refractivity contribution in [3.05, 3.63) is 63.6 Å². The number of aromatic nitrogens is 1. The van der Waals surface area contributed by atoms with Crippen molar-refractivity contribution in [3.63, 3.8) is 0 Å². The molecule has 1 unspecified atom stereocenters. The summed E-state index contributed by atoms with van der Waals surface area (Å²) in [4.78, 5) is 14.7. The number of halogens is 2. The van der Waals surface area contributed by atoms with Gasteiger partial charge in [0.25, 0.3) is 5.91 Å². The monoisotopic (exact) mass is 498 g/mol. The molecule has 0 saturated carbocycles. The number of amides is 1. The fraction of sp³-hybridized carbons (Fsp3) is 0.263. The van der Waals surface area contributed by atoms with E-state index >= 15 is 0 Å². The highest BCUT2D eigenvalue weighted by molar-refractivity contribution is 9.10. The lowest BCUT2D eigenvalue weighted by atomic mass is 10.1. The van der Waals surface area contributed by atoms with E-state index in [-0.39, 0.29) is 23.7 Å². The van der Waals surface area contributed by atoms with Crippen LogP contribution in [0.5, 0.6) is 0 Å². The van der Waals surface area contributed by atoms with Crippen molar-refractivity contribution in [3.8, 4) is 11.3 Å². The second-order valence-electron chi connectivity index (χ2n) is 6.78. The Morgan fingerprint density at radius 3 is 2.62 bits per heavy atom. The number of benzene rings is 1. The summed E-state index contributed by atoms with van der Waals surface area (Å²) in [7, 11) is -3.18. The summed E-state index contributed by atoms with van der Waals surface area (Å²) in [6.45, 7) is 0.133. The van der Waals surface area contributed by atoms with Gasteiger partial charge in [-0.3, -0.25) is 4.79 Å². The predicted molar refractivity (Wildman–Crippen MR) is 110 cm³/mol. The van der Waals surface area contributed by atoms with Crippen molar-refractivity contribution in [2.45, 2.75) is 19.0 Å². The van der Waals surface area contributed by atoms with Gasteiger partial charge >= 0.3 is 0 Å². The molecular weight excluding hydrogens is 484 g/mol. The Morgan fingerprint density at radius 2 is 2.00 bits per heavy atom. The van der Waals surface area contributed by atoms with Crippen LogP contribution >= 0.6 is 27.5 Å². The van der Waals surface area contributed by atoms with Crippen LogP contribution in [0.1, 0.15) is 22.7 Å². The molecule has 1 aromatic carbocycles. The second-order valence-corrected chi connectivity index (χ2v) is 10.2. The third kappa shape index (κ3) is 4.57. The van der Waals surface area contributed by atoms with Gasteiger partial charge in [-0.1, -0.05) is 16.8 Å². The first-order valence-electron chi connectivity index (χ1n) is 8.79. The lowest BCUT2D eigenvalue weighted by Gasteiger charge is -2.26. The molecule has 10 heteroatoms. The Labute approximate surface area is 180 Å². The van der Waals surface area contributed by atoms with Gasteiger partial charge in [0.1, 0.15) is 5.76 Å². The van der Waals surface area contributed by atoms with Crippen LogP contribution in [-0.4, -0.2) is 41.9 Å². The molecule has 0 spiro atoms. The van der Waals surface area contributed by atoms with E-state index in [1.807, 2.05) is 0 Å². The Balaban J connectivity index is 1.61. The molecule has 1 atom stereocenters. The van der Waals surface area contributed by atoms with Gasteiger partial charge < -0.3 is 13.8 Å². The van der Waals surface area contributed by atoms with Crippen molar-refractivity contribution in [1.29, 1.82) is 0 Å². The Hall–Kier alpha value is -2.10. The smallest absolute Gasteiger partial charge is 0.276 e. The zero-order valence-electron chi connectivity index (χ0n) is 15.0. The summed E-state index contributed by atoms with van der Waals surface area (Å²) in [6.07, 6.45) is 0.373. The van der Waals surface area contributed by atoms with Gasteiger partial charge in [-0.15, -0.1) is 0 Å². The minimum atomic E-state index is -3.18. The number of rotatable bonds is 5. The topological polar surface area (TPSA) is 93.6 Å². The van der Waals surface area contributed by atoms with Crippen LogP contribution in [0, 0.1) is 0 Å². The summed E-state index contributed by atoms with van der Waals surface area (Å²) >= 11 is 9.14. The Kier molecular flexibility index (Phi) is 5.54. The van der Waals surface area contributed by atoms with E-state index in [0.29, 0.717) is 27.6 Å². The molecule has 3 heterocycles. The summed E-state index contributed by atoms with van der Waals surface area (Å²) in [6, 6.07) is 11.5. The zero-order chi connectivity index (χ0) is 20.6. The van der Waals surface area contributed by atoms with Crippen LogP contribution in [0.2, 0.25) is 5.02 Å². The molecule has 0 N–H and O–H groups in total. The highest BCUT2D eigenvalue weighted by Gasteiger charge is 2.36. The minimum Gasteiger partial charge on any atom is -0.452 e. The molecule has 1 fully saturated rings. The number of hydrogen-bond donors (Lipinski definition) is 0. The molecule has 1 saturated heterocycles. The largest absolute Gasteiger partial charge is 0.452 e. The molecule has 1 amide bonds. The van der Waals surface area contributed by atoms with E-state index in [4.69, 9.17) is 20.5 Å². The van der Waals surface area contributed by atoms with Crippen LogP contribution < -0.4 is 0 Å². The van der Waals surface area contributed by atoms with Crippen molar-refractivity contribution in [2.24, 2.45) is 0 Å². The first-order chi connectivity index (χ1) is 13.8. The van der Waals surface area contributed by atoms with E-state index < -0.39 is 21.8 Å². The first-order valence-corrected chi connectivity index (χ1v) is 11.8. The average Bonchev–Trinajstić information content (AvgIpc) is 3.40. The normalized spacial score (nSPS) is 18.1. The quantitative estimate of drug-likeness (QED) is 0.523. The SMILES string of the molecule is O=C(c1cc(-c2ccc(Cl)cc2)on1)N(Cc1ccc(Br)o1)C1CCS(=O)(=O)C1. The molecule has 0 bridgehead atoms. The van der Waals surface area contributed by atoms with E-state index in [2.05, 4.69) is 21.1 Å². The minimum absolute atomic E-state index is 0.0537. The van der Waals surface area contributed by atoms with Crippen molar-refractivity contribution < 1.29 is 22.2 Å². The molecule has 0 radical (unpaired) electrons. The van der Waals surface area contributed by atoms with Crippen molar-refractivity contribution >= 4 is 43.3 Å². The van der Waals surface area contributed by atoms with Crippen LogP contribution in [0.4, 0.5) is 0 Å². The maximum atomic E-state index is 13.2. The summed E-state index contributed by atoms with van der Waals surface area (Å²) in [5.74, 6) is 0.518. The fourth-order valence-electron chi connectivity index (χ4n) is 3.27. The number of hydrogen-bond acceptors (Lipinski definition) is 6. The number of carbonyl (C=O) groups excluding carboxylic acids is 1. The van der Waals surface area contributed by atoms with Crippen LogP contribution in [0.25, 0.3) is 11.3 Å². The maximum absolute atomic E-state index is 13.2. The van der Waals surface area contributed by atoms with E-state index in [1.165, 1.54) is 4.90 Å². The molecule has 29 heavy (non-hydrogen) atoms. The summed E-state index contributed by atoms with van der Waals surface area (Å²) in [5.41, 5.74) is 0.829. The standard InChI is InChI=1S/C19H16BrClN2O5S/c20-18-6-5-15(27-18)10-23(14-7-8-29(25,26)11-14)19(24)16-9-17(28-22-16)12-1-3-13(21)4-2-12/h1-6,9,14H,7-8,10-11H2. The van der Waals surface area contributed by atoms with Gasteiger partial charge in [0.05, 0.1) is 18.1 Å². The molecule has 4 rings (SSSR count). The number of furan rings is 1. The van der Waals surface area contributed by atoms with E-state index in [9.17, 15) is 13.2 Å². The molecular formula is C19H16BrClN2O5S. The van der Waals surface area contributed by atoms with Gasteiger partial charge in [0.2, 0.25) is 0 Å². The van der Waals surface area contributed by atoms with Gasteiger partial charge in [0, 0.05) is 22.7 Å². The van der Waals surface area contributed by atoms with E-state index in [1.54, 1.807) is 42.5 Å². The van der Waals surface area contributed by atoms with Gasteiger partial charge in [-0.25, -0.2) is 8.42 Å². The molecule has 152 valence electrons.